The fourth-order valence-corrected chi connectivity index (χ4v) is 1.62. The van der Waals surface area contributed by atoms with E-state index in [0.717, 1.165) is 5.92 Å². The van der Waals surface area contributed by atoms with Crippen molar-refractivity contribution in [2.45, 2.75) is 25.8 Å². The van der Waals surface area contributed by atoms with E-state index >= 15 is 0 Å². The molecule has 0 aromatic carbocycles. The van der Waals surface area contributed by atoms with E-state index in [1.165, 1.54) is 12.8 Å². The van der Waals surface area contributed by atoms with Crippen LogP contribution in [0.25, 0.3) is 0 Å². The standard InChI is InChI=1S/C11H14N4/c1-7(8-2-3-8)15-11-10(13)9(6-12)4-5-14-11/h4-5,7-8H,2-3,13H2,1H3,(H,14,15). The average molecular weight is 202 g/mol. The van der Waals surface area contributed by atoms with Crippen LogP contribution in [0.1, 0.15) is 25.3 Å². The van der Waals surface area contributed by atoms with Crippen molar-refractivity contribution in [2.75, 3.05) is 11.1 Å². The van der Waals surface area contributed by atoms with Gasteiger partial charge in [-0.05, 0) is 31.7 Å². The predicted molar refractivity (Wildman–Crippen MR) is 59.2 cm³/mol. The van der Waals surface area contributed by atoms with E-state index in [1.54, 1.807) is 12.3 Å². The zero-order valence-electron chi connectivity index (χ0n) is 8.70. The summed E-state index contributed by atoms with van der Waals surface area (Å²) < 4.78 is 0. The zero-order chi connectivity index (χ0) is 10.8. The molecule has 0 saturated heterocycles. The number of rotatable bonds is 3. The highest BCUT2D eigenvalue weighted by Crippen LogP contribution is 2.34. The quantitative estimate of drug-likeness (QED) is 0.783. The summed E-state index contributed by atoms with van der Waals surface area (Å²) in [4.78, 5) is 4.15. The van der Waals surface area contributed by atoms with E-state index in [2.05, 4.69) is 17.2 Å². The van der Waals surface area contributed by atoms with Gasteiger partial charge in [-0.3, -0.25) is 0 Å². The Morgan fingerprint density at radius 1 is 1.67 bits per heavy atom. The molecular weight excluding hydrogens is 188 g/mol. The van der Waals surface area contributed by atoms with Crippen LogP contribution in [-0.2, 0) is 0 Å². The van der Waals surface area contributed by atoms with E-state index in [9.17, 15) is 0 Å². The van der Waals surface area contributed by atoms with Crippen molar-refractivity contribution in [3.05, 3.63) is 17.8 Å². The number of nitrogens with zero attached hydrogens (tertiary/aromatic N) is 2. The molecule has 0 spiro atoms. The lowest BCUT2D eigenvalue weighted by atomic mass is 10.2. The van der Waals surface area contributed by atoms with Crippen molar-refractivity contribution in [3.8, 4) is 6.07 Å². The number of aromatic nitrogens is 1. The number of pyridine rings is 1. The van der Waals surface area contributed by atoms with Crippen LogP contribution in [0.2, 0.25) is 0 Å². The van der Waals surface area contributed by atoms with Gasteiger partial charge < -0.3 is 11.1 Å². The number of nitrogens with one attached hydrogen (secondary N) is 1. The van der Waals surface area contributed by atoms with Gasteiger partial charge in [-0.2, -0.15) is 5.26 Å². The lowest BCUT2D eigenvalue weighted by Crippen LogP contribution is -2.19. The van der Waals surface area contributed by atoms with E-state index < -0.39 is 0 Å². The molecule has 4 heteroatoms. The number of nitriles is 1. The fraction of sp³-hybridized carbons (Fsp3) is 0.455. The van der Waals surface area contributed by atoms with Crippen LogP contribution in [0.15, 0.2) is 12.3 Å². The van der Waals surface area contributed by atoms with Crippen molar-refractivity contribution >= 4 is 11.5 Å². The molecule has 15 heavy (non-hydrogen) atoms. The predicted octanol–water partition coefficient (Wildman–Crippen LogP) is 1.75. The third kappa shape index (κ3) is 2.01. The van der Waals surface area contributed by atoms with E-state index in [1.807, 2.05) is 6.07 Å². The Hall–Kier alpha value is -1.76. The molecule has 1 saturated carbocycles. The fourth-order valence-electron chi connectivity index (χ4n) is 1.62. The molecule has 1 heterocycles. The van der Waals surface area contributed by atoms with Gasteiger partial charge in [-0.15, -0.1) is 0 Å². The molecule has 0 aliphatic heterocycles. The van der Waals surface area contributed by atoms with Crippen LogP contribution in [0, 0.1) is 17.2 Å². The maximum atomic E-state index is 8.81. The van der Waals surface area contributed by atoms with Crippen LogP contribution in [0.5, 0.6) is 0 Å². The molecule has 1 aromatic heterocycles. The van der Waals surface area contributed by atoms with Crippen molar-refractivity contribution in [2.24, 2.45) is 5.92 Å². The molecule has 2 rings (SSSR count). The molecule has 1 atom stereocenters. The van der Waals surface area contributed by atoms with Gasteiger partial charge in [0.1, 0.15) is 6.07 Å². The van der Waals surface area contributed by atoms with Gasteiger partial charge in [0.15, 0.2) is 5.82 Å². The first-order chi connectivity index (χ1) is 7.22. The minimum Gasteiger partial charge on any atom is -0.395 e. The van der Waals surface area contributed by atoms with Gasteiger partial charge in [0.05, 0.1) is 11.3 Å². The highest BCUT2D eigenvalue weighted by Gasteiger charge is 2.28. The molecular formula is C11H14N4. The molecule has 1 aliphatic carbocycles. The maximum absolute atomic E-state index is 8.81. The Kier molecular flexibility index (Phi) is 2.46. The highest BCUT2D eigenvalue weighted by molar-refractivity contribution is 5.69. The molecule has 1 aliphatic rings. The van der Waals surface area contributed by atoms with Crippen molar-refractivity contribution < 1.29 is 0 Å². The van der Waals surface area contributed by atoms with Gasteiger partial charge in [0.2, 0.25) is 0 Å². The molecule has 0 amide bonds. The van der Waals surface area contributed by atoms with E-state index in [-0.39, 0.29) is 0 Å². The molecule has 1 aromatic rings. The first-order valence-corrected chi connectivity index (χ1v) is 5.13. The maximum Gasteiger partial charge on any atom is 0.150 e. The second-order valence-electron chi connectivity index (χ2n) is 4.00. The molecule has 0 radical (unpaired) electrons. The second-order valence-corrected chi connectivity index (χ2v) is 4.00. The van der Waals surface area contributed by atoms with Crippen LogP contribution < -0.4 is 11.1 Å². The Morgan fingerprint density at radius 2 is 2.40 bits per heavy atom. The zero-order valence-corrected chi connectivity index (χ0v) is 8.70. The van der Waals surface area contributed by atoms with Gasteiger partial charge in [0.25, 0.3) is 0 Å². The lowest BCUT2D eigenvalue weighted by molar-refractivity contribution is 0.691. The third-order valence-electron chi connectivity index (χ3n) is 2.80. The molecule has 0 bridgehead atoms. The summed E-state index contributed by atoms with van der Waals surface area (Å²) in [6, 6.07) is 4.06. The monoisotopic (exact) mass is 202 g/mol. The number of anilines is 2. The van der Waals surface area contributed by atoms with Crippen molar-refractivity contribution in [1.82, 2.24) is 4.98 Å². The Labute approximate surface area is 89.1 Å². The van der Waals surface area contributed by atoms with Crippen LogP contribution in [0.4, 0.5) is 11.5 Å². The molecule has 1 unspecified atom stereocenters. The van der Waals surface area contributed by atoms with E-state index in [4.69, 9.17) is 11.0 Å². The summed E-state index contributed by atoms with van der Waals surface area (Å²) in [5, 5.41) is 12.1. The van der Waals surface area contributed by atoms with E-state index in [0.29, 0.717) is 23.1 Å². The average Bonchev–Trinajstić information content (AvgIpc) is 3.04. The molecule has 3 N–H and O–H groups in total. The number of nitrogens with two attached hydrogens (primary N) is 1. The summed E-state index contributed by atoms with van der Waals surface area (Å²) in [5.41, 5.74) is 6.75. The van der Waals surface area contributed by atoms with Gasteiger partial charge in [-0.1, -0.05) is 0 Å². The second kappa shape index (κ2) is 3.77. The summed E-state index contributed by atoms with van der Waals surface area (Å²) in [7, 11) is 0. The van der Waals surface area contributed by atoms with Gasteiger partial charge in [-0.25, -0.2) is 4.98 Å². The minimum absolute atomic E-state index is 0.383. The Balaban J connectivity index is 2.17. The summed E-state index contributed by atoms with van der Waals surface area (Å²) >= 11 is 0. The number of hydrogen-bond acceptors (Lipinski definition) is 4. The smallest absolute Gasteiger partial charge is 0.150 e. The van der Waals surface area contributed by atoms with Crippen LogP contribution in [0.3, 0.4) is 0 Å². The van der Waals surface area contributed by atoms with Crippen LogP contribution >= 0.6 is 0 Å². The first-order valence-electron chi connectivity index (χ1n) is 5.13. The number of hydrogen-bond donors (Lipinski definition) is 2. The Bertz CT molecular complexity index is 404. The minimum atomic E-state index is 0.383. The van der Waals surface area contributed by atoms with Crippen molar-refractivity contribution in [3.63, 3.8) is 0 Å². The Morgan fingerprint density at radius 3 is 3.00 bits per heavy atom. The summed E-state index contributed by atoms with van der Waals surface area (Å²) in [5.74, 6) is 1.37. The lowest BCUT2D eigenvalue weighted by Gasteiger charge is -2.15. The van der Waals surface area contributed by atoms with Gasteiger partial charge >= 0.3 is 0 Å². The SMILES string of the molecule is CC(Nc1nccc(C#N)c1N)C1CC1. The summed E-state index contributed by atoms with van der Waals surface area (Å²) in [6.45, 7) is 2.12. The third-order valence-corrected chi connectivity index (χ3v) is 2.80. The van der Waals surface area contributed by atoms with Crippen LogP contribution in [-0.4, -0.2) is 11.0 Å². The molecule has 1 fully saturated rings. The summed E-state index contributed by atoms with van der Waals surface area (Å²) in [6.07, 6.45) is 4.15. The normalized spacial score (nSPS) is 16.8. The first kappa shape index (κ1) is 9.78. The van der Waals surface area contributed by atoms with Crippen molar-refractivity contribution in [1.29, 1.82) is 5.26 Å². The highest BCUT2D eigenvalue weighted by atomic mass is 15.0. The number of nitrogen functional groups attached to an aromatic ring is 1. The molecule has 78 valence electrons. The largest absolute Gasteiger partial charge is 0.395 e. The van der Waals surface area contributed by atoms with Gasteiger partial charge in [0, 0.05) is 12.2 Å². The molecule has 4 nitrogen and oxygen atoms in total. The topological polar surface area (TPSA) is 74.7 Å².